The van der Waals surface area contributed by atoms with Crippen molar-refractivity contribution in [2.45, 2.75) is 63.4 Å². The number of ether oxygens (including phenoxy) is 5. The third-order valence-electron chi connectivity index (χ3n) is 3.50. The zero-order chi connectivity index (χ0) is 13.2. The average molecular weight is 260 g/mol. The predicted octanol–water partition coefficient (Wildman–Crippen LogP) is 0.377. The summed E-state index contributed by atoms with van der Waals surface area (Å²) in [6, 6.07) is 0. The van der Waals surface area contributed by atoms with Gasteiger partial charge in [0.05, 0.1) is 6.61 Å². The highest BCUT2D eigenvalue weighted by molar-refractivity contribution is 5.05. The maximum absolute atomic E-state index is 9.40. The standard InChI is InChI=1S/C12H20O6/c1-10(2)14-6-12(18-10)9-8(7(5-13)15-12)16-11(3,4)17-9/h7-9,13H,5-6H2,1-4H3. The first-order valence-electron chi connectivity index (χ1n) is 6.25. The molecule has 4 atom stereocenters. The molecule has 0 amide bonds. The van der Waals surface area contributed by atoms with E-state index in [2.05, 4.69) is 0 Å². The Kier molecular flexibility index (Phi) is 2.59. The Bertz CT molecular complexity index is 354. The van der Waals surface area contributed by atoms with Crippen LogP contribution in [-0.4, -0.2) is 54.0 Å². The monoisotopic (exact) mass is 260 g/mol. The maximum atomic E-state index is 9.40. The lowest BCUT2D eigenvalue weighted by Gasteiger charge is -2.30. The summed E-state index contributed by atoms with van der Waals surface area (Å²) in [4.78, 5) is 0. The van der Waals surface area contributed by atoms with E-state index >= 15 is 0 Å². The zero-order valence-corrected chi connectivity index (χ0v) is 11.1. The largest absolute Gasteiger partial charge is 0.394 e. The molecule has 6 heteroatoms. The highest BCUT2D eigenvalue weighted by Crippen LogP contribution is 2.49. The lowest BCUT2D eigenvalue weighted by Crippen LogP contribution is -2.46. The van der Waals surface area contributed by atoms with Gasteiger partial charge in [-0.2, -0.15) is 0 Å². The van der Waals surface area contributed by atoms with Crippen LogP contribution in [0.15, 0.2) is 0 Å². The first-order valence-corrected chi connectivity index (χ1v) is 6.25. The second kappa shape index (κ2) is 3.65. The van der Waals surface area contributed by atoms with E-state index in [-0.39, 0.29) is 25.4 Å². The Morgan fingerprint density at radius 2 is 1.78 bits per heavy atom. The van der Waals surface area contributed by atoms with Crippen molar-refractivity contribution >= 4 is 0 Å². The summed E-state index contributed by atoms with van der Waals surface area (Å²) >= 11 is 0. The highest BCUT2D eigenvalue weighted by Gasteiger charge is 2.67. The molecule has 1 spiro atoms. The van der Waals surface area contributed by atoms with E-state index in [0.29, 0.717) is 0 Å². The summed E-state index contributed by atoms with van der Waals surface area (Å²) in [5.41, 5.74) is 0. The van der Waals surface area contributed by atoms with Gasteiger partial charge in [0, 0.05) is 0 Å². The van der Waals surface area contributed by atoms with E-state index in [4.69, 9.17) is 23.7 Å². The van der Waals surface area contributed by atoms with Gasteiger partial charge in [0.2, 0.25) is 5.79 Å². The molecule has 3 aliphatic rings. The van der Waals surface area contributed by atoms with Gasteiger partial charge in [-0.1, -0.05) is 0 Å². The normalized spacial score (nSPS) is 48.8. The van der Waals surface area contributed by atoms with Crippen LogP contribution in [0, 0.1) is 0 Å². The minimum atomic E-state index is -0.977. The predicted molar refractivity (Wildman–Crippen MR) is 59.6 cm³/mol. The van der Waals surface area contributed by atoms with Crippen molar-refractivity contribution in [1.29, 1.82) is 0 Å². The van der Waals surface area contributed by atoms with Gasteiger partial charge < -0.3 is 28.8 Å². The second-order valence-corrected chi connectivity index (χ2v) is 5.96. The number of rotatable bonds is 1. The number of hydrogen-bond acceptors (Lipinski definition) is 6. The van der Waals surface area contributed by atoms with Gasteiger partial charge in [0.1, 0.15) is 24.9 Å². The molecule has 18 heavy (non-hydrogen) atoms. The molecular weight excluding hydrogens is 240 g/mol. The Hall–Kier alpha value is -0.240. The first kappa shape index (κ1) is 12.8. The molecule has 3 saturated heterocycles. The first-order chi connectivity index (χ1) is 8.27. The molecule has 0 bridgehead atoms. The second-order valence-electron chi connectivity index (χ2n) is 5.96. The van der Waals surface area contributed by atoms with Crippen molar-refractivity contribution < 1.29 is 28.8 Å². The number of aliphatic hydroxyl groups is 1. The van der Waals surface area contributed by atoms with Crippen LogP contribution >= 0.6 is 0 Å². The van der Waals surface area contributed by atoms with Crippen LogP contribution in [-0.2, 0) is 23.7 Å². The molecule has 104 valence electrons. The van der Waals surface area contributed by atoms with Crippen LogP contribution in [0.3, 0.4) is 0 Å². The molecule has 3 rings (SSSR count). The minimum Gasteiger partial charge on any atom is -0.394 e. The molecule has 0 aromatic carbocycles. The molecule has 0 radical (unpaired) electrons. The Morgan fingerprint density at radius 1 is 1.06 bits per heavy atom. The number of fused-ring (bicyclic) bond motifs is 2. The molecule has 4 unspecified atom stereocenters. The lowest BCUT2D eigenvalue weighted by molar-refractivity contribution is -0.298. The topological polar surface area (TPSA) is 66.4 Å². The van der Waals surface area contributed by atoms with Gasteiger partial charge in [-0.25, -0.2) is 0 Å². The molecule has 0 aromatic heterocycles. The smallest absolute Gasteiger partial charge is 0.224 e. The van der Waals surface area contributed by atoms with E-state index in [1.165, 1.54) is 0 Å². The van der Waals surface area contributed by atoms with E-state index in [0.717, 1.165) is 0 Å². The Morgan fingerprint density at radius 3 is 2.33 bits per heavy atom. The molecule has 1 N–H and O–H groups in total. The average Bonchev–Trinajstić information content (AvgIpc) is 2.81. The van der Waals surface area contributed by atoms with Crippen LogP contribution < -0.4 is 0 Å². The van der Waals surface area contributed by atoms with E-state index < -0.39 is 23.5 Å². The summed E-state index contributed by atoms with van der Waals surface area (Å²) in [6.07, 6.45) is -1.16. The van der Waals surface area contributed by atoms with Gasteiger partial charge in [0.15, 0.2) is 11.6 Å². The molecule has 3 fully saturated rings. The minimum absolute atomic E-state index is 0.133. The summed E-state index contributed by atoms with van der Waals surface area (Å²) in [5.74, 6) is -2.39. The fraction of sp³-hybridized carbons (Fsp3) is 1.00. The fourth-order valence-electron chi connectivity index (χ4n) is 2.88. The van der Waals surface area contributed by atoms with Crippen LogP contribution in [0.2, 0.25) is 0 Å². The Labute approximate surface area is 106 Å². The van der Waals surface area contributed by atoms with Gasteiger partial charge in [-0.3, -0.25) is 0 Å². The van der Waals surface area contributed by atoms with Crippen LogP contribution in [0.5, 0.6) is 0 Å². The van der Waals surface area contributed by atoms with Crippen LogP contribution in [0.1, 0.15) is 27.7 Å². The SMILES string of the molecule is CC1(C)OC2C(CO)OC3(COC(C)(C)O3)C2O1. The van der Waals surface area contributed by atoms with Crippen molar-refractivity contribution in [2.75, 3.05) is 13.2 Å². The summed E-state index contributed by atoms with van der Waals surface area (Å²) in [7, 11) is 0. The third-order valence-corrected chi connectivity index (χ3v) is 3.50. The zero-order valence-electron chi connectivity index (χ0n) is 11.1. The molecule has 0 aromatic rings. The maximum Gasteiger partial charge on any atom is 0.224 e. The Balaban J connectivity index is 1.89. The van der Waals surface area contributed by atoms with Gasteiger partial charge in [0.25, 0.3) is 0 Å². The summed E-state index contributed by atoms with van der Waals surface area (Å²) in [6.45, 7) is 7.48. The molecule has 0 aliphatic carbocycles. The van der Waals surface area contributed by atoms with Crippen molar-refractivity contribution in [3.05, 3.63) is 0 Å². The molecule has 0 saturated carbocycles. The number of aliphatic hydroxyl groups excluding tert-OH is 1. The molecule has 3 heterocycles. The van der Waals surface area contributed by atoms with E-state index in [9.17, 15) is 5.11 Å². The molecule has 3 aliphatic heterocycles. The van der Waals surface area contributed by atoms with E-state index in [1.54, 1.807) is 0 Å². The van der Waals surface area contributed by atoms with Crippen molar-refractivity contribution in [1.82, 2.24) is 0 Å². The third kappa shape index (κ3) is 1.79. The van der Waals surface area contributed by atoms with Gasteiger partial charge in [-0.15, -0.1) is 0 Å². The van der Waals surface area contributed by atoms with Crippen LogP contribution in [0.4, 0.5) is 0 Å². The molecular formula is C12H20O6. The quantitative estimate of drug-likeness (QED) is 0.735. The van der Waals surface area contributed by atoms with Crippen molar-refractivity contribution in [3.63, 3.8) is 0 Å². The van der Waals surface area contributed by atoms with Gasteiger partial charge in [-0.05, 0) is 27.7 Å². The summed E-state index contributed by atoms with van der Waals surface area (Å²) < 4.78 is 28.9. The fourth-order valence-corrected chi connectivity index (χ4v) is 2.88. The van der Waals surface area contributed by atoms with Gasteiger partial charge >= 0.3 is 0 Å². The number of hydrogen-bond donors (Lipinski definition) is 1. The molecule has 6 nitrogen and oxygen atoms in total. The van der Waals surface area contributed by atoms with Crippen LogP contribution in [0.25, 0.3) is 0 Å². The summed E-state index contributed by atoms with van der Waals surface area (Å²) in [5, 5.41) is 9.40. The van der Waals surface area contributed by atoms with Crippen molar-refractivity contribution in [2.24, 2.45) is 0 Å². The van der Waals surface area contributed by atoms with Crippen molar-refractivity contribution in [3.8, 4) is 0 Å². The van der Waals surface area contributed by atoms with E-state index in [1.807, 2.05) is 27.7 Å². The highest BCUT2D eigenvalue weighted by atomic mass is 16.9. The lowest BCUT2D eigenvalue weighted by atomic mass is 10.1.